The Morgan fingerprint density at radius 3 is 2.68 bits per heavy atom. The molecule has 2 N–H and O–H groups in total. The van der Waals surface area contributed by atoms with Crippen molar-refractivity contribution in [1.82, 2.24) is 9.97 Å². The van der Waals surface area contributed by atoms with Gasteiger partial charge in [0.25, 0.3) is 0 Å². The van der Waals surface area contributed by atoms with Crippen LogP contribution in [0.1, 0.15) is 18.1 Å². The van der Waals surface area contributed by atoms with Crippen LogP contribution in [0.25, 0.3) is 32.0 Å². The monoisotopic (exact) mass is 550 g/mol. The second kappa shape index (κ2) is 10.7. The number of ether oxygens (including phenoxy) is 2. The van der Waals surface area contributed by atoms with Gasteiger partial charge in [-0.1, -0.05) is 42.8 Å². The van der Waals surface area contributed by atoms with Gasteiger partial charge in [-0.25, -0.2) is 14.8 Å². The molecule has 0 aliphatic carbocycles. The number of carboxylic acids is 1. The molecule has 0 unspecified atom stereocenters. The minimum absolute atomic E-state index is 0.0261. The molecule has 0 saturated carbocycles. The SMILES string of the molecule is CCc1c(-c2c(-c3ccco3)sc3ncnc(O[C@H](Cc4ccccc4OC)C(=O)O)c23)ccc(O)c1Cl. The Bertz CT molecular complexity index is 1620. The summed E-state index contributed by atoms with van der Waals surface area (Å²) in [5.74, 6) is 0.115. The van der Waals surface area contributed by atoms with E-state index in [-0.39, 0.29) is 23.1 Å². The molecule has 5 aromatic rings. The van der Waals surface area contributed by atoms with E-state index in [4.69, 9.17) is 25.5 Å². The van der Waals surface area contributed by atoms with Crippen molar-refractivity contribution in [3.63, 3.8) is 0 Å². The van der Waals surface area contributed by atoms with Crippen molar-refractivity contribution in [3.8, 4) is 39.1 Å². The molecule has 0 saturated heterocycles. The first-order valence-corrected chi connectivity index (χ1v) is 13.0. The molecule has 0 aliphatic rings. The molecule has 10 heteroatoms. The molecule has 194 valence electrons. The predicted molar refractivity (Wildman–Crippen MR) is 145 cm³/mol. The van der Waals surface area contributed by atoms with Gasteiger partial charge in [-0.3, -0.25) is 0 Å². The summed E-state index contributed by atoms with van der Waals surface area (Å²) in [5, 5.41) is 21.1. The Morgan fingerprint density at radius 2 is 1.97 bits per heavy atom. The van der Waals surface area contributed by atoms with Gasteiger partial charge in [0.15, 0.2) is 0 Å². The highest BCUT2D eigenvalue weighted by molar-refractivity contribution is 7.22. The van der Waals surface area contributed by atoms with Gasteiger partial charge >= 0.3 is 5.97 Å². The summed E-state index contributed by atoms with van der Waals surface area (Å²) < 4.78 is 17.2. The fourth-order valence-electron chi connectivity index (χ4n) is 4.41. The Labute approximate surface area is 227 Å². The smallest absolute Gasteiger partial charge is 0.345 e. The quantitative estimate of drug-likeness (QED) is 0.210. The average Bonchev–Trinajstić information content (AvgIpc) is 3.58. The molecule has 3 aromatic heterocycles. The zero-order chi connectivity index (χ0) is 26.8. The first-order valence-electron chi connectivity index (χ1n) is 11.8. The van der Waals surface area contributed by atoms with Crippen LogP contribution in [0.4, 0.5) is 0 Å². The number of furan rings is 1. The molecule has 0 spiro atoms. The number of hydrogen-bond acceptors (Lipinski definition) is 8. The summed E-state index contributed by atoms with van der Waals surface area (Å²) in [6, 6.07) is 14.1. The number of aromatic hydroxyl groups is 1. The number of halogens is 1. The highest BCUT2D eigenvalue weighted by Gasteiger charge is 2.28. The van der Waals surface area contributed by atoms with E-state index in [1.807, 2.05) is 25.1 Å². The Kier molecular flexibility index (Phi) is 7.22. The summed E-state index contributed by atoms with van der Waals surface area (Å²) in [5.41, 5.74) is 2.84. The number of para-hydroxylation sites is 1. The Morgan fingerprint density at radius 1 is 1.16 bits per heavy atom. The van der Waals surface area contributed by atoms with E-state index in [1.165, 1.54) is 30.8 Å². The van der Waals surface area contributed by atoms with E-state index in [0.29, 0.717) is 39.3 Å². The van der Waals surface area contributed by atoms with Gasteiger partial charge in [0.2, 0.25) is 12.0 Å². The molecule has 2 aromatic carbocycles. The Hall–Kier alpha value is -4.08. The summed E-state index contributed by atoms with van der Waals surface area (Å²) in [6.45, 7) is 1.94. The number of aromatic nitrogens is 2. The molecule has 0 radical (unpaired) electrons. The van der Waals surface area contributed by atoms with E-state index in [1.54, 1.807) is 30.5 Å². The number of rotatable bonds is 9. The van der Waals surface area contributed by atoms with E-state index >= 15 is 0 Å². The Balaban J connectivity index is 1.70. The van der Waals surface area contributed by atoms with Crippen LogP contribution in [0.3, 0.4) is 0 Å². The van der Waals surface area contributed by atoms with Crippen molar-refractivity contribution in [2.45, 2.75) is 25.9 Å². The largest absolute Gasteiger partial charge is 0.506 e. The van der Waals surface area contributed by atoms with E-state index < -0.39 is 12.1 Å². The molecular weight excluding hydrogens is 528 g/mol. The number of thiophene rings is 1. The second-order valence-corrected chi connectivity index (χ2v) is 9.76. The number of aliphatic carboxylic acids is 1. The maximum atomic E-state index is 12.3. The number of carbonyl (C=O) groups is 1. The average molecular weight is 551 g/mol. The predicted octanol–water partition coefficient (Wildman–Crippen LogP) is 6.62. The number of hydrogen-bond donors (Lipinski definition) is 2. The van der Waals surface area contributed by atoms with Gasteiger partial charge in [0.05, 0.1) is 28.7 Å². The van der Waals surface area contributed by atoms with E-state index in [0.717, 1.165) is 16.0 Å². The van der Waals surface area contributed by atoms with Crippen LogP contribution in [0.15, 0.2) is 65.5 Å². The van der Waals surface area contributed by atoms with E-state index in [2.05, 4.69) is 9.97 Å². The number of phenols is 1. The second-order valence-electron chi connectivity index (χ2n) is 8.38. The van der Waals surface area contributed by atoms with Crippen LogP contribution in [0.5, 0.6) is 17.4 Å². The molecule has 0 aliphatic heterocycles. The first-order chi connectivity index (χ1) is 18.4. The lowest BCUT2D eigenvalue weighted by molar-refractivity contribution is -0.145. The summed E-state index contributed by atoms with van der Waals surface area (Å²) >= 11 is 7.87. The van der Waals surface area contributed by atoms with Crippen LogP contribution in [-0.2, 0) is 17.6 Å². The van der Waals surface area contributed by atoms with Gasteiger partial charge in [0, 0.05) is 12.0 Å². The third-order valence-corrected chi connectivity index (χ3v) is 7.71. The minimum atomic E-state index is -1.25. The van der Waals surface area contributed by atoms with Crippen LogP contribution >= 0.6 is 22.9 Å². The van der Waals surface area contributed by atoms with Crippen molar-refractivity contribution in [3.05, 3.63) is 77.3 Å². The van der Waals surface area contributed by atoms with Crippen molar-refractivity contribution >= 4 is 39.1 Å². The highest BCUT2D eigenvalue weighted by Crippen LogP contribution is 2.49. The lowest BCUT2D eigenvalue weighted by atomic mass is 9.95. The third kappa shape index (κ3) is 4.66. The molecule has 5 rings (SSSR count). The highest BCUT2D eigenvalue weighted by atomic mass is 35.5. The van der Waals surface area contributed by atoms with Gasteiger partial charge in [0.1, 0.15) is 28.4 Å². The third-order valence-electron chi connectivity index (χ3n) is 6.17. The van der Waals surface area contributed by atoms with E-state index in [9.17, 15) is 15.0 Å². The zero-order valence-electron chi connectivity index (χ0n) is 20.5. The fraction of sp³-hybridized carbons (Fsp3) is 0.179. The normalized spacial score (nSPS) is 12.0. The summed E-state index contributed by atoms with van der Waals surface area (Å²) in [7, 11) is 1.53. The van der Waals surface area contributed by atoms with Gasteiger partial charge in [-0.05, 0) is 47.4 Å². The van der Waals surface area contributed by atoms with Gasteiger partial charge < -0.3 is 24.1 Å². The molecule has 0 bridgehead atoms. The standard InChI is InChI=1S/C28H23ClN2O6S/c1-3-16-17(10-11-18(32)24(16)29)22-23-26(30-14-31-27(23)38-25(22)20-9-6-12-36-20)37-21(28(33)34)13-15-7-4-5-8-19(15)35-2/h4-12,14,21,32H,3,13H2,1-2H3,(H,33,34)/t21-/m1/s1. The molecule has 38 heavy (non-hydrogen) atoms. The lowest BCUT2D eigenvalue weighted by Crippen LogP contribution is -2.30. The van der Waals surface area contributed by atoms with Gasteiger partial charge in [-0.15, -0.1) is 11.3 Å². The zero-order valence-corrected chi connectivity index (χ0v) is 22.0. The molecule has 0 fully saturated rings. The maximum absolute atomic E-state index is 12.3. The van der Waals surface area contributed by atoms with Crippen LogP contribution in [0.2, 0.25) is 5.02 Å². The number of phenolic OH excluding ortho intramolecular Hbond substituents is 1. The topological polar surface area (TPSA) is 115 Å². The van der Waals surface area contributed by atoms with Gasteiger partial charge in [-0.2, -0.15) is 0 Å². The van der Waals surface area contributed by atoms with Crippen LogP contribution in [0, 0.1) is 0 Å². The van der Waals surface area contributed by atoms with Crippen LogP contribution in [-0.4, -0.2) is 39.4 Å². The molecule has 3 heterocycles. The number of benzene rings is 2. The van der Waals surface area contributed by atoms with Crippen molar-refractivity contribution < 1.29 is 28.9 Å². The van der Waals surface area contributed by atoms with Crippen molar-refractivity contribution in [2.24, 2.45) is 0 Å². The molecular formula is C28H23ClN2O6S. The number of nitrogens with zero attached hydrogens (tertiary/aromatic N) is 2. The number of fused-ring (bicyclic) bond motifs is 1. The first kappa shape index (κ1) is 25.6. The van der Waals surface area contributed by atoms with Crippen molar-refractivity contribution in [2.75, 3.05) is 7.11 Å². The van der Waals surface area contributed by atoms with Crippen LogP contribution < -0.4 is 9.47 Å². The number of methoxy groups -OCH3 is 1. The summed E-state index contributed by atoms with van der Waals surface area (Å²) in [4.78, 5) is 22.5. The maximum Gasteiger partial charge on any atom is 0.345 e. The number of carboxylic acid groups (broad SMARTS) is 1. The summed E-state index contributed by atoms with van der Waals surface area (Å²) in [6.07, 6.45) is 2.26. The fourth-order valence-corrected chi connectivity index (χ4v) is 5.82. The lowest BCUT2D eigenvalue weighted by Gasteiger charge is -2.18. The molecule has 1 atom stereocenters. The molecule has 0 amide bonds. The minimum Gasteiger partial charge on any atom is -0.506 e. The van der Waals surface area contributed by atoms with Crippen molar-refractivity contribution in [1.29, 1.82) is 0 Å². The molecule has 8 nitrogen and oxygen atoms in total.